The quantitative estimate of drug-likeness (QED) is 0.0997. The topological polar surface area (TPSA) is 189 Å². The van der Waals surface area contributed by atoms with Gasteiger partial charge in [-0.1, -0.05) is 70.2 Å². The van der Waals surface area contributed by atoms with Crippen molar-refractivity contribution in [2.24, 2.45) is 11.8 Å². The molecule has 4 amide bonds. The van der Waals surface area contributed by atoms with Crippen LogP contribution in [0.4, 0.5) is 9.59 Å². The van der Waals surface area contributed by atoms with Crippen molar-refractivity contribution in [1.82, 2.24) is 44.9 Å². The van der Waals surface area contributed by atoms with E-state index in [2.05, 4.69) is 73.7 Å². The van der Waals surface area contributed by atoms with Crippen LogP contribution < -0.4 is 15.4 Å². The highest BCUT2D eigenvalue weighted by atomic mass is 16.5. The molecule has 3 aliphatic heterocycles. The number of carbonyl (C=O) groups excluding carboxylic acids is 4. The molecular weight excluding hydrogens is 827 g/mol. The van der Waals surface area contributed by atoms with Gasteiger partial charge in [-0.3, -0.25) is 9.59 Å². The van der Waals surface area contributed by atoms with Crippen LogP contribution in [-0.4, -0.2) is 97.7 Å². The van der Waals surface area contributed by atoms with Crippen molar-refractivity contribution in [3.63, 3.8) is 0 Å². The average molecular weight is 882 g/mol. The van der Waals surface area contributed by atoms with Gasteiger partial charge in [0.1, 0.15) is 29.5 Å². The fraction of sp³-hybridized carbons (Fsp3) is 0.388. The number of rotatable bonds is 11. The van der Waals surface area contributed by atoms with Gasteiger partial charge in [0.05, 0.1) is 61.3 Å². The summed E-state index contributed by atoms with van der Waals surface area (Å²) in [4.78, 5) is 72.0. The molecule has 0 saturated carbocycles. The molecule has 0 aliphatic carbocycles. The van der Waals surface area contributed by atoms with E-state index >= 15 is 0 Å². The van der Waals surface area contributed by atoms with E-state index in [4.69, 9.17) is 24.2 Å². The second-order valence-electron chi connectivity index (χ2n) is 17.7. The Bertz CT molecular complexity index is 2740. The van der Waals surface area contributed by atoms with Crippen LogP contribution >= 0.6 is 0 Å². The first-order valence-electron chi connectivity index (χ1n) is 22.4. The third-order valence-electron chi connectivity index (χ3n) is 13.0. The van der Waals surface area contributed by atoms with Crippen molar-refractivity contribution in [2.75, 3.05) is 27.3 Å². The SMILES string of the molecule is COC(=O)NC(C(=O)N1CCC[C@H]1c1ncc(-c2ccc3c(c2)O[C@@H](c2ccccc2)n2c-3cc3cc(-c4cnc([C@@H]5CCCN5C(=O)[C@@H](NC(=O)OC)C(C)C)[nH]4)ccc32)[nH]1)C(C)C. The predicted molar refractivity (Wildman–Crippen MR) is 243 cm³/mol. The maximum atomic E-state index is 13.8. The zero-order valence-electron chi connectivity index (χ0n) is 37.5. The van der Waals surface area contributed by atoms with Gasteiger partial charge in [-0.05, 0) is 67.9 Å². The number of amides is 4. The molecule has 65 heavy (non-hydrogen) atoms. The molecule has 0 bridgehead atoms. The van der Waals surface area contributed by atoms with Crippen molar-refractivity contribution in [1.29, 1.82) is 0 Å². The van der Waals surface area contributed by atoms with Crippen LogP contribution in [-0.2, 0) is 19.1 Å². The highest BCUT2D eigenvalue weighted by Crippen LogP contribution is 2.46. The summed E-state index contributed by atoms with van der Waals surface area (Å²) in [6.07, 6.45) is 5.05. The largest absolute Gasteiger partial charge is 0.465 e. The molecule has 5 atom stereocenters. The number of H-pyrrole nitrogens is 2. The van der Waals surface area contributed by atoms with Gasteiger partial charge in [0, 0.05) is 40.7 Å². The molecule has 0 spiro atoms. The molecule has 3 aromatic heterocycles. The Morgan fingerprint density at radius 2 is 1.25 bits per heavy atom. The second-order valence-corrected chi connectivity index (χ2v) is 17.7. The highest BCUT2D eigenvalue weighted by molar-refractivity contribution is 5.93. The Labute approximate surface area is 377 Å². The summed E-state index contributed by atoms with van der Waals surface area (Å²) in [7, 11) is 2.58. The summed E-state index contributed by atoms with van der Waals surface area (Å²) in [5.74, 6) is 1.55. The van der Waals surface area contributed by atoms with Gasteiger partial charge in [-0.15, -0.1) is 0 Å². The first kappa shape index (κ1) is 43.2. The van der Waals surface area contributed by atoms with Gasteiger partial charge < -0.3 is 49.2 Å². The number of ether oxygens (including phenoxy) is 3. The molecule has 2 saturated heterocycles. The van der Waals surface area contributed by atoms with E-state index < -0.39 is 30.5 Å². The number of nitrogens with zero attached hydrogens (tertiary/aromatic N) is 5. The number of aromatic amines is 2. The Hall–Kier alpha value is -7.10. The number of imidazole rings is 2. The van der Waals surface area contributed by atoms with Crippen molar-refractivity contribution < 1.29 is 33.4 Å². The Kier molecular flexibility index (Phi) is 11.8. The predicted octanol–water partition coefficient (Wildman–Crippen LogP) is 8.12. The molecule has 6 aromatic rings. The van der Waals surface area contributed by atoms with Gasteiger partial charge in [-0.2, -0.15) is 0 Å². The lowest BCUT2D eigenvalue weighted by molar-refractivity contribution is -0.136. The maximum absolute atomic E-state index is 13.8. The Balaban J connectivity index is 1.00. The van der Waals surface area contributed by atoms with Crippen molar-refractivity contribution >= 4 is 34.9 Å². The van der Waals surface area contributed by atoms with Crippen LogP contribution in [0.3, 0.4) is 0 Å². The minimum Gasteiger partial charge on any atom is -0.465 e. The van der Waals surface area contributed by atoms with E-state index in [9.17, 15) is 19.2 Å². The third kappa shape index (κ3) is 8.17. The molecule has 16 heteroatoms. The van der Waals surface area contributed by atoms with E-state index in [0.717, 1.165) is 81.7 Å². The molecule has 0 radical (unpaired) electrons. The minimum absolute atomic E-state index is 0.128. The molecule has 9 rings (SSSR count). The van der Waals surface area contributed by atoms with Crippen molar-refractivity contribution in [3.8, 4) is 39.5 Å². The zero-order valence-corrected chi connectivity index (χ0v) is 37.5. The van der Waals surface area contributed by atoms with E-state index in [1.165, 1.54) is 14.2 Å². The number of methoxy groups -OCH3 is 2. The van der Waals surface area contributed by atoms with E-state index in [-0.39, 0.29) is 35.7 Å². The maximum Gasteiger partial charge on any atom is 0.407 e. The van der Waals surface area contributed by atoms with Crippen molar-refractivity contribution in [3.05, 3.63) is 102 Å². The van der Waals surface area contributed by atoms with Gasteiger partial charge in [-0.25, -0.2) is 19.6 Å². The van der Waals surface area contributed by atoms with Crippen LogP contribution in [0.1, 0.15) is 88.9 Å². The summed E-state index contributed by atoms with van der Waals surface area (Å²) in [6.45, 7) is 8.75. The molecule has 2 fully saturated rings. The lowest BCUT2D eigenvalue weighted by Gasteiger charge is -2.30. The first-order valence-corrected chi connectivity index (χ1v) is 22.4. The summed E-state index contributed by atoms with van der Waals surface area (Å²) < 4.78 is 18.8. The monoisotopic (exact) mass is 881 g/mol. The van der Waals surface area contributed by atoms with Gasteiger partial charge in [0.2, 0.25) is 18.0 Å². The number of hydrogen-bond donors (Lipinski definition) is 4. The summed E-state index contributed by atoms with van der Waals surface area (Å²) in [5.41, 5.74) is 7.43. The summed E-state index contributed by atoms with van der Waals surface area (Å²) in [5, 5.41) is 6.46. The Morgan fingerprint density at radius 1 is 0.708 bits per heavy atom. The van der Waals surface area contributed by atoms with Crippen LogP contribution in [0.25, 0.3) is 44.7 Å². The lowest BCUT2D eigenvalue weighted by atomic mass is 10.0. The Morgan fingerprint density at radius 3 is 1.78 bits per heavy atom. The summed E-state index contributed by atoms with van der Waals surface area (Å²) >= 11 is 0. The van der Waals surface area contributed by atoms with Crippen molar-refractivity contribution in [2.45, 2.75) is 83.8 Å². The van der Waals surface area contributed by atoms with Crippen LogP contribution in [0.2, 0.25) is 0 Å². The van der Waals surface area contributed by atoms with Gasteiger partial charge in [0.25, 0.3) is 0 Å². The fourth-order valence-electron chi connectivity index (χ4n) is 9.56. The lowest BCUT2D eigenvalue weighted by Crippen LogP contribution is -2.51. The van der Waals surface area contributed by atoms with Gasteiger partial charge in [0.15, 0.2) is 0 Å². The fourth-order valence-corrected chi connectivity index (χ4v) is 9.56. The van der Waals surface area contributed by atoms with E-state index in [0.29, 0.717) is 24.7 Å². The average Bonchev–Trinajstić information content (AvgIpc) is 4.18. The van der Waals surface area contributed by atoms with Gasteiger partial charge >= 0.3 is 12.2 Å². The normalized spacial score (nSPS) is 18.9. The number of aromatic nitrogens is 5. The molecule has 4 N–H and O–H groups in total. The number of carbonyl (C=O) groups is 4. The number of nitrogens with one attached hydrogen (secondary N) is 4. The number of alkyl carbamates (subject to hydrolysis) is 2. The van der Waals surface area contributed by atoms with E-state index in [1.807, 2.05) is 68.0 Å². The molecule has 16 nitrogen and oxygen atoms in total. The zero-order chi connectivity index (χ0) is 45.5. The molecule has 338 valence electrons. The smallest absolute Gasteiger partial charge is 0.407 e. The molecule has 6 heterocycles. The molecule has 3 aromatic carbocycles. The van der Waals surface area contributed by atoms with Crippen LogP contribution in [0, 0.1) is 11.8 Å². The molecule has 3 aliphatic rings. The van der Waals surface area contributed by atoms with E-state index in [1.54, 1.807) is 6.20 Å². The number of likely N-dealkylation sites (tertiary alicyclic amines) is 2. The summed E-state index contributed by atoms with van der Waals surface area (Å²) in [6, 6.07) is 22.9. The molecule has 1 unspecified atom stereocenters. The second kappa shape index (κ2) is 17.8. The first-order chi connectivity index (χ1) is 31.4. The third-order valence-corrected chi connectivity index (χ3v) is 13.0. The highest BCUT2D eigenvalue weighted by Gasteiger charge is 2.39. The minimum atomic E-state index is -0.720. The number of hydrogen-bond acceptors (Lipinski definition) is 9. The molecular formula is C49H55N9O7. The number of benzene rings is 3. The van der Waals surface area contributed by atoms with Crippen LogP contribution in [0.5, 0.6) is 5.75 Å². The number of fused-ring (bicyclic) bond motifs is 5. The standard InChI is InChI=1S/C49H55N9O7/c1-27(2)41(54-48(61)63-5)45(59)56-20-10-14-37(56)43-50-25-34(52-43)30-17-19-36-32(22-30)23-39-33-18-16-31(24-40(33)65-47(58(36)39)29-12-8-7-9-13-29)35-26-51-44(53-35)38-15-11-21-57(38)46(60)42(28(3)4)55-49(62)64-6/h7-9,12-13,16-19,22-28,37-38,41-42,47H,10-11,14-15,20-21H2,1-6H3,(H,50,52)(H,51,53)(H,54,61)(H,55,62)/t37-,38-,41-,42?,47-/m0/s1. The van der Waals surface area contributed by atoms with Crippen LogP contribution in [0.15, 0.2) is 85.2 Å².